The molecule has 0 spiro atoms. The third-order valence-electron chi connectivity index (χ3n) is 1.88. The van der Waals surface area contributed by atoms with Gasteiger partial charge in [0.1, 0.15) is 0 Å². The largest absolute Gasteiger partial charge is 0.0895 e. The second-order valence-electron chi connectivity index (χ2n) is 2.75. The predicted molar refractivity (Wildman–Crippen MR) is 41.6 cm³/mol. The number of rotatable bonds is 2. The van der Waals surface area contributed by atoms with E-state index in [-0.39, 0.29) is 0 Å². The summed E-state index contributed by atoms with van der Waals surface area (Å²) in [5.41, 5.74) is 1.50. The van der Waals surface area contributed by atoms with E-state index in [1.165, 1.54) is 24.8 Å². The Kier molecular flexibility index (Phi) is 2.18. The van der Waals surface area contributed by atoms with Crippen LogP contribution in [-0.4, -0.2) is 0 Å². The van der Waals surface area contributed by atoms with E-state index in [4.69, 9.17) is 11.6 Å². The van der Waals surface area contributed by atoms with Gasteiger partial charge in [-0.2, -0.15) is 0 Å². The van der Waals surface area contributed by atoms with Crippen LogP contribution >= 0.6 is 11.6 Å². The summed E-state index contributed by atoms with van der Waals surface area (Å²) >= 11 is 5.79. The maximum atomic E-state index is 5.79. The molecule has 9 heavy (non-hydrogen) atoms. The maximum Gasteiger partial charge on any atom is 0.0145 e. The first-order valence-corrected chi connectivity index (χ1v) is 3.98. The molecule has 0 nitrogen and oxygen atoms in total. The van der Waals surface area contributed by atoms with Crippen molar-refractivity contribution in [2.45, 2.75) is 33.1 Å². The van der Waals surface area contributed by atoms with Crippen LogP contribution in [0.4, 0.5) is 0 Å². The van der Waals surface area contributed by atoms with E-state index < -0.39 is 0 Å². The summed E-state index contributed by atoms with van der Waals surface area (Å²) in [6.07, 6.45) is 3.89. The average molecular weight is 145 g/mol. The standard InChI is InChI=1S/C8H13Cl/c1-3-4-7-5-8(7)6(2)9/h7H,3-5H2,1-2H3/b8-6+. The maximum absolute atomic E-state index is 5.79. The Morgan fingerprint density at radius 3 is 2.78 bits per heavy atom. The van der Waals surface area contributed by atoms with Crippen molar-refractivity contribution in [1.82, 2.24) is 0 Å². The highest BCUT2D eigenvalue weighted by Gasteiger charge is 2.29. The van der Waals surface area contributed by atoms with Gasteiger partial charge in [-0.05, 0) is 25.7 Å². The van der Waals surface area contributed by atoms with Gasteiger partial charge in [-0.25, -0.2) is 0 Å². The zero-order chi connectivity index (χ0) is 6.85. The first-order chi connectivity index (χ1) is 4.25. The summed E-state index contributed by atoms with van der Waals surface area (Å²) in [7, 11) is 0. The number of halogens is 1. The van der Waals surface area contributed by atoms with Gasteiger partial charge in [0, 0.05) is 5.03 Å². The number of hydrogen-bond donors (Lipinski definition) is 0. The van der Waals surface area contributed by atoms with Crippen LogP contribution in [0.5, 0.6) is 0 Å². The molecule has 0 N–H and O–H groups in total. The molecule has 0 bridgehead atoms. The molecule has 1 fully saturated rings. The monoisotopic (exact) mass is 144 g/mol. The average Bonchev–Trinajstić information content (AvgIpc) is 2.47. The minimum atomic E-state index is 0.854. The van der Waals surface area contributed by atoms with Gasteiger partial charge in [0.2, 0.25) is 0 Å². The van der Waals surface area contributed by atoms with Crippen molar-refractivity contribution in [2.75, 3.05) is 0 Å². The summed E-state index contributed by atoms with van der Waals surface area (Å²) in [6.45, 7) is 4.21. The Morgan fingerprint density at radius 2 is 2.44 bits per heavy atom. The lowest BCUT2D eigenvalue weighted by Crippen LogP contribution is -1.71. The smallest absolute Gasteiger partial charge is 0.0145 e. The molecule has 0 radical (unpaired) electrons. The highest BCUT2D eigenvalue weighted by molar-refractivity contribution is 6.29. The molecule has 1 atom stereocenters. The van der Waals surface area contributed by atoms with Crippen molar-refractivity contribution in [3.8, 4) is 0 Å². The lowest BCUT2D eigenvalue weighted by atomic mass is 10.2. The molecule has 0 aromatic rings. The van der Waals surface area contributed by atoms with Gasteiger partial charge in [-0.15, -0.1) is 0 Å². The summed E-state index contributed by atoms with van der Waals surface area (Å²) in [6, 6.07) is 0. The minimum absolute atomic E-state index is 0.854. The predicted octanol–water partition coefficient (Wildman–Crippen LogP) is 3.32. The zero-order valence-electron chi connectivity index (χ0n) is 6.08. The Labute approximate surface area is 61.9 Å². The minimum Gasteiger partial charge on any atom is -0.0895 e. The fourth-order valence-electron chi connectivity index (χ4n) is 1.25. The third kappa shape index (κ3) is 1.72. The van der Waals surface area contributed by atoms with Gasteiger partial charge in [0.05, 0.1) is 0 Å². The third-order valence-corrected chi connectivity index (χ3v) is 2.12. The van der Waals surface area contributed by atoms with Gasteiger partial charge in [-0.3, -0.25) is 0 Å². The van der Waals surface area contributed by atoms with E-state index in [1.54, 1.807) is 0 Å². The van der Waals surface area contributed by atoms with E-state index in [1.807, 2.05) is 6.92 Å². The summed E-state index contributed by atoms with van der Waals surface area (Å²) in [4.78, 5) is 0. The highest BCUT2D eigenvalue weighted by atomic mass is 35.5. The molecule has 1 unspecified atom stereocenters. The van der Waals surface area contributed by atoms with E-state index in [9.17, 15) is 0 Å². The second kappa shape index (κ2) is 2.74. The van der Waals surface area contributed by atoms with Gasteiger partial charge in [0.25, 0.3) is 0 Å². The van der Waals surface area contributed by atoms with Crippen molar-refractivity contribution in [3.63, 3.8) is 0 Å². The Bertz CT molecular complexity index is 132. The van der Waals surface area contributed by atoms with Gasteiger partial charge in [0.15, 0.2) is 0 Å². The molecule has 0 heterocycles. The van der Waals surface area contributed by atoms with Crippen molar-refractivity contribution < 1.29 is 0 Å². The molecule has 52 valence electrons. The van der Waals surface area contributed by atoms with Crippen molar-refractivity contribution >= 4 is 11.6 Å². The van der Waals surface area contributed by atoms with Crippen LogP contribution in [-0.2, 0) is 0 Å². The van der Waals surface area contributed by atoms with Crippen LogP contribution in [0.1, 0.15) is 33.1 Å². The van der Waals surface area contributed by atoms with Gasteiger partial charge >= 0.3 is 0 Å². The molecule has 1 aliphatic carbocycles. The van der Waals surface area contributed by atoms with E-state index in [0.29, 0.717) is 0 Å². The van der Waals surface area contributed by atoms with Crippen LogP contribution in [0.15, 0.2) is 10.6 Å². The van der Waals surface area contributed by atoms with Crippen LogP contribution in [0, 0.1) is 5.92 Å². The molecule has 0 aliphatic heterocycles. The molecule has 1 saturated carbocycles. The Morgan fingerprint density at radius 1 is 1.78 bits per heavy atom. The highest BCUT2D eigenvalue weighted by Crippen LogP contribution is 2.44. The zero-order valence-corrected chi connectivity index (χ0v) is 6.83. The molecule has 0 aromatic carbocycles. The van der Waals surface area contributed by atoms with Crippen LogP contribution in [0.3, 0.4) is 0 Å². The van der Waals surface area contributed by atoms with Crippen molar-refractivity contribution in [2.24, 2.45) is 5.92 Å². The lowest BCUT2D eigenvalue weighted by Gasteiger charge is -1.87. The fraction of sp³-hybridized carbons (Fsp3) is 0.750. The molecule has 0 saturated heterocycles. The number of hydrogen-bond acceptors (Lipinski definition) is 0. The molecule has 1 aliphatic rings. The first-order valence-electron chi connectivity index (χ1n) is 3.60. The molecule has 0 amide bonds. The summed E-state index contributed by atoms with van der Waals surface area (Å²) in [5.74, 6) is 0.854. The number of allylic oxidation sites excluding steroid dienone is 2. The fourth-order valence-corrected chi connectivity index (χ4v) is 1.48. The first kappa shape index (κ1) is 7.14. The Balaban J connectivity index is 2.32. The topological polar surface area (TPSA) is 0 Å². The SMILES string of the molecule is CCCC1C/C1=C(/C)Cl. The Hall–Kier alpha value is 0.0300. The molecule has 1 rings (SSSR count). The second-order valence-corrected chi connectivity index (χ2v) is 3.32. The van der Waals surface area contributed by atoms with Gasteiger partial charge in [-0.1, -0.05) is 30.5 Å². The molecular weight excluding hydrogens is 132 g/mol. The van der Waals surface area contributed by atoms with Crippen LogP contribution in [0.2, 0.25) is 0 Å². The van der Waals surface area contributed by atoms with Crippen LogP contribution in [0.25, 0.3) is 0 Å². The molecule has 1 heteroatoms. The van der Waals surface area contributed by atoms with E-state index >= 15 is 0 Å². The van der Waals surface area contributed by atoms with E-state index in [2.05, 4.69) is 6.92 Å². The van der Waals surface area contributed by atoms with Crippen molar-refractivity contribution in [3.05, 3.63) is 10.6 Å². The summed E-state index contributed by atoms with van der Waals surface area (Å²) < 4.78 is 0. The van der Waals surface area contributed by atoms with Gasteiger partial charge < -0.3 is 0 Å². The summed E-state index contributed by atoms with van der Waals surface area (Å²) in [5, 5.41) is 1.04. The lowest BCUT2D eigenvalue weighted by molar-refractivity contribution is 0.726. The quantitative estimate of drug-likeness (QED) is 0.558. The molecule has 0 aromatic heterocycles. The normalized spacial score (nSPS) is 30.3. The molecular formula is C8H13Cl. The van der Waals surface area contributed by atoms with Crippen molar-refractivity contribution in [1.29, 1.82) is 0 Å². The van der Waals surface area contributed by atoms with Crippen LogP contribution < -0.4 is 0 Å². The van der Waals surface area contributed by atoms with E-state index in [0.717, 1.165) is 11.0 Å².